The van der Waals surface area contributed by atoms with Gasteiger partial charge in [-0.1, -0.05) is 29.8 Å². The van der Waals surface area contributed by atoms with Crippen LogP contribution < -0.4 is 10.6 Å². The van der Waals surface area contributed by atoms with Gasteiger partial charge >= 0.3 is 0 Å². The highest BCUT2D eigenvalue weighted by atomic mass is 32.1. The molecule has 2 aromatic heterocycles. The van der Waals surface area contributed by atoms with Crippen molar-refractivity contribution < 1.29 is 9.59 Å². The number of aromatic nitrogens is 1. The highest BCUT2D eigenvalue weighted by Crippen LogP contribution is 2.28. The Morgan fingerprint density at radius 1 is 1.21 bits per heavy atom. The van der Waals surface area contributed by atoms with Gasteiger partial charge in [0.2, 0.25) is 5.91 Å². The summed E-state index contributed by atoms with van der Waals surface area (Å²) in [6.45, 7) is 4.41. The maximum absolute atomic E-state index is 12.3. The van der Waals surface area contributed by atoms with Crippen molar-refractivity contribution >= 4 is 39.6 Å². The molecule has 29 heavy (non-hydrogen) atoms. The van der Waals surface area contributed by atoms with Gasteiger partial charge < -0.3 is 5.32 Å². The number of amides is 2. The van der Waals surface area contributed by atoms with Gasteiger partial charge in [-0.15, -0.1) is 11.3 Å². The molecule has 0 saturated carbocycles. The highest BCUT2D eigenvalue weighted by Gasteiger charge is 2.23. The SMILES string of the molecule is Cc1ccc(CNC(=O)CN2CCc3nc(NC(=O)c4ccsc4)sc3C2)cc1. The number of aryl methyl sites for hydroxylation is 1. The zero-order valence-corrected chi connectivity index (χ0v) is 17.7. The second kappa shape index (κ2) is 8.86. The molecule has 0 aliphatic carbocycles. The average molecular weight is 427 g/mol. The molecule has 0 saturated heterocycles. The topological polar surface area (TPSA) is 74.3 Å². The molecule has 0 bridgehead atoms. The Balaban J connectivity index is 1.29. The monoisotopic (exact) mass is 426 g/mol. The van der Waals surface area contributed by atoms with Crippen LogP contribution in [0, 0.1) is 6.92 Å². The number of rotatable bonds is 6. The quantitative estimate of drug-likeness (QED) is 0.633. The Bertz CT molecular complexity index is 996. The summed E-state index contributed by atoms with van der Waals surface area (Å²) in [4.78, 5) is 32.3. The maximum Gasteiger partial charge on any atom is 0.258 e. The molecule has 8 heteroatoms. The van der Waals surface area contributed by atoms with Crippen molar-refractivity contribution in [1.82, 2.24) is 15.2 Å². The largest absolute Gasteiger partial charge is 0.351 e. The summed E-state index contributed by atoms with van der Waals surface area (Å²) in [6, 6.07) is 9.96. The molecule has 2 amide bonds. The van der Waals surface area contributed by atoms with Gasteiger partial charge in [-0.05, 0) is 23.9 Å². The standard InChI is InChI=1S/C21H22N4O2S2/c1-14-2-4-15(5-3-14)10-22-19(26)12-25-8-6-17-18(11-25)29-21(23-17)24-20(27)16-7-9-28-13-16/h2-5,7,9,13H,6,8,10-12H2,1H3,(H,22,26)(H,23,24,27). The Morgan fingerprint density at radius 2 is 2.03 bits per heavy atom. The number of fused-ring (bicyclic) bond motifs is 1. The molecule has 3 aromatic rings. The molecule has 4 rings (SSSR count). The first-order chi connectivity index (χ1) is 14.1. The van der Waals surface area contributed by atoms with Crippen LogP contribution in [0.4, 0.5) is 5.13 Å². The highest BCUT2D eigenvalue weighted by molar-refractivity contribution is 7.16. The van der Waals surface area contributed by atoms with E-state index in [2.05, 4.69) is 20.5 Å². The van der Waals surface area contributed by atoms with Crippen molar-refractivity contribution in [2.75, 3.05) is 18.4 Å². The van der Waals surface area contributed by atoms with Crippen LogP contribution in [-0.4, -0.2) is 34.8 Å². The molecular formula is C21H22N4O2S2. The Kier molecular flexibility index (Phi) is 6.03. The van der Waals surface area contributed by atoms with Crippen molar-refractivity contribution in [1.29, 1.82) is 0 Å². The van der Waals surface area contributed by atoms with Crippen LogP contribution >= 0.6 is 22.7 Å². The van der Waals surface area contributed by atoms with E-state index in [1.807, 2.05) is 41.9 Å². The van der Waals surface area contributed by atoms with Crippen molar-refractivity contribution in [3.63, 3.8) is 0 Å². The Morgan fingerprint density at radius 3 is 2.79 bits per heavy atom. The van der Waals surface area contributed by atoms with Gasteiger partial charge in [0.25, 0.3) is 5.91 Å². The number of carbonyl (C=O) groups is 2. The Hall–Kier alpha value is -2.55. The van der Waals surface area contributed by atoms with Crippen LogP contribution in [0.3, 0.4) is 0 Å². The third-order valence-electron chi connectivity index (χ3n) is 4.79. The fourth-order valence-corrected chi connectivity index (χ4v) is 4.85. The van der Waals surface area contributed by atoms with Gasteiger partial charge in [0, 0.05) is 36.3 Å². The number of benzene rings is 1. The number of hydrogen-bond donors (Lipinski definition) is 2. The molecule has 0 fully saturated rings. The zero-order valence-electron chi connectivity index (χ0n) is 16.1. The molecule has 0 spiro atoms. The van der Waals surface area contributed by atoms with Crippen LogP contribution in [0.15, 0.2) is 41.1 Å². The van der Waals surface area contributed by atoms with E-state index < -0.39 is 0 Å². The smallest absolute Gasteiger partial charge is 0.258 e. The first-order valence-corrected chi connectivity index (χ1v) is 11.2. The minimum Gasteiger partial charge on any atom is -0.351 e. The average Bonchev–Trinajstić information content (AvgIpc) is 3.37. The van der Waals surface area contributed by atoms with Crippen LogP contribution in [-0.2, 0) is 24.3 Å². The van der Waals surface area contributed by atoms with Gasteiger partial charge in [0.05, 0.1) is 17.8 Å². The van der Waals surface area contributed by atoms with E-state index in [-0.39, 0.29) is 11.8 Å². The third-order valence-corrected chi connectivity index (χ3v) is 6.47. The molecule has 1 aliphatic rings. The predicted molar refractivity (Wildman–Crippen MR) is 116 cm³/mol. The van der Waals surface area contributed by atoms with Crippen molar-refractivity contribution in [3.05, 3.63) is 68.4 Å². The second-order valence-corrected chi connectivity index (χ2v) is 8.94. The van der Waals surface area contributed by atoms with Gasteiger partial charge in [-0.2, -0.15) is 11.3 Å². The molecule has 0 radical (unpaired) electrons. The summed E-state index contributed by atoms with van der Waals surface area (Å²) in [5.41, 5.74) is 3.97. The fourth-order valence-electron chi connectivity index (χ4n) is 3.17. The van der Waals surface area contributed by atoms with E-state index in [0.717, 1.165) is 29.1 Å². The lowest BCUT2D eigenvalue weighted by atomic mass is 10.1. The summed E-state index contributed by atoms with van der Waals surface area (Å²) in [5.74, 6) is -0.116. The number of thiophene rings is 1. The van der Waals surface area contributed by atoms with Crippen molar-refractivity contribution in [2.24, 2.45) is 0 Å². The first kappa shape index (κ1) is 19.8. The summed E-state index contributed by atoms with van der Waals surface area (Å²) < 4.78 is 0. The minimum absolute atomic E-state index is 0.0181. The molecule has 0 atom stereocenters. The summed E-state index contributed by atoms with van der Waals surface area (Å²) >= 11 is 2.98. The molecule has 6 nitrogen and oxygen atoms in total. The van der Waals surface area contributed by atoms with Gasteiger partial charge in [-0.25, -0.2) is 4.98 Å². The van der Waals surface area contributed by atoms with Crippen LogP contribution in [0.5, 0.6) is 0 Å². The lowest BCUT2D eigenvalue weighted by molar-refractivity contribution is -0.122. The normalized spacial score (nSPS) is 13.7. The molecule has 0 unspecified atom stereocenters. The van der Waals surface area contributed by atoms with Crippen LogP contribution in [0.2, 0.25) is 0 Å². The van der Waals surface area contributed by atoms with Crippen molar-refractivity contribution in [3.8, 4) is 0 Å². The van der Waals surface area contributed by atoms with Gasteiger partial charge in [0.1, 0.15) is 0 Å². The predicted octanol–water partition coefficient (Wildman–Crippen LogP) is 3.44. The lowest BCUT2D eigenvalue weighted by Crippen LogP contribution is -2.39. The van der Waals surface area contributed by atoms with Gasteiger partial charge in [-0.3, -0.25) is 19.8 Å². The van der Waals surface area contributed by atoms with Crippen molar-refractivity contribution in [2.45, 2.75) is 26.4 Å². The number of nitrogens with zero attached hydrogens (tertiary/aromatic N) is 2. The van der Waals surface area contributed by atoms with E-state index >= 15 is 0 Å². The van der Waals surface area contributed by atoms with E-state index in [9.17, 15) is 9.59 Å². The third kappa shape index (κ3) is 5.09. The molecular weight excluding hydrogens is 404 g/mol. The number of thiazole rings is 1. The van der Waals surface area contributed by atoms with E-state index in [1.165, 1.54) is 28.2 Å². The van der Waals surface area contributed by atoms with Crippen LogP contribution in [0.25, 0.3) is 0 Å². The summed E-state index contributed by atoms with van der Waals surface area (Å²) in [7, 11) is 0. The first-order valence-electron chi connectivity index (χ1n) is 9.43. The number of nitrogens with one attached hydrogen (secondary N) is 2. The minimum atomic E-state index is -0.135. The molecule has 1 aliphatic heterocycles. The molecule has 3 heterocycles. The fraction of sp³-hybridized carbons (Fsp3) is 0.286. The number of carbonyl (C=O) groups excluding carboxylic acids is 2. The van der Waals surface area contributed by atoms with E-state index in [4.69, 9.17) is 0 Å². The summed E-state index contributed by atoms with van der Waals surface area (Å²) in [6.07, 6.45) is 0.783. The van der Waals surface area contributed by atoms with Crippen LogP contribution in [0.1, 0.15) is 32.1 Å². The second-order valence-electron chi connectivity index (χ2n) is 7.08. The Labute approximate surface area is 177 Å². The van der Waals surface area contributed by atoms with Gasteiger partial charge in [0.15, 0.2) is 5.13 Å². The molecule has 2 N–H and O–H groups in total. The number of anilines is 1. The maximum atomic E-state index is 12.3. The molecule has 150 valence electrons. The number of hydrogen-bond acceptors (Lipinski definition) is 6. The van der Waals surface area contributed by atoms with E-state index in [1.54, 1.807) is 6.07 Å². The lowest BCUT2D eigenvalue weighted by Gasteiger charge is -2.25. The summed E-state index contributed by atoms with van der Waals surface area (Å²) in [5, 5.41) is 10.2. The zero-order chi connectivity index (χ0) is 20.2. The van der Waals surface area contributed by atoms with E-state index in [0.29, 0.717) is 30.3 Å². The molecule has 1 aromatic carbocycles.